The average Bonchev–Trinajstić information content (AvgIpc) is 2.32. The van der Waals surface area contributed by atoms with Crippen molar-refractivity contribution < 1.29 is 8.42 Å². The number of rotatable bonds is 2. The van der Waals surface area contributed by atoms with E-state index in [1.54, 1.807) is 0 Å². The monoisotopic (exact) mass is 174 g/mol. The molecule has 1 aromatic rings. The van der Waals surface area contributed by atoms with Gasteiger partial charge in [0.2, 0.25) is 0 Å². The van der Waals surface area contributed by atoms with Gasteiger partial charge in [0.15, 0.2) is 14.9 Å². The number of H-pyrrole nitrogens is 1. The van der Waals surface area contributed by atoms with Gasteiger partial charge in [0.05, 0.1) is 6.20 Å². The molecule has 0 aliphatic rings. The van der Waals surface area contributed by atoms with E-state index in [2.05, 4.69) is 9.97 Å². The Morgan fingerprint density at radius 2 is 2.27 bits per heavy atom. The molecule has 0 saturated carbocycles. The molecule has 0 fully saturated rings. The SMILES string of the molecule is CCc1ncc(S(C)(=O)=O)[nH]1. The lowest BCUT2D eigenvalue weighted by atomic mass is 10.5. The molecule has 0 radical (unpaired) electrons. The topological polar surface area (TPSA) is 62.8 Å². The van der Waals surface area contributed by atoms with E-state index in [-0.39, 0.29) is 5.03 Å². The van der Waals surface area contributed by atoms with Crippen LogP contribution in [0.1, 0.15) is 12.7 Å². The van der Waals surface area contributed by atoms with Crippen molar-refractivity contribution >= 4 is 9.84 Å². The van der Waals surface area contributed by atoms with Gasteiger partial charge in [-0.25, -0.2) is 13.4 Å². The number of sulfone groups is 1. The van der Waals surface area contributed by atoms with Crippen molar-refractivity contribution in [2.24, 2.45) is 0 Å². The summed E-state index contributed by atoms with van der Waals surface area (Å²) in [6.07, 6.45) is 3.21. The summed E-state index contributed by atoms with van der Waals surface area (Å²) in [6, 6.07) is 0. The predicted molar refractivity (Wildman–Crippen MR) is 41.1 cm³/mol. The summed E-state index contributed by atoms with van der Waals surface area (Å²) < 4.78 is 21.8. The summed E-state index contributed by atoms with van der Waals surface area (Å²) in [5.41, 5.74) is 0. The van der Waals surface area contributed by atoms with Gasteiger partial charge < -0.3 is 4.98 Å². The molecule has 1 heterocycles. The predicted octanol–water partition coefficient (Wildman–Crippen LogP) is 0.376. The van der Waals surface area contributed by atoms with Crippen LogP contribution in [0.3, 0.4) is 0 Å². The smallest absolute Gasteiger partial charge is 0.192 e. The van der Waals surface area contributed by atoms with E-state index in [1.165, 1.54) is 6.20 Å². The van der Waals surface area contributed by atoms with Crippen molar-refractivity contribution in [3.63, 3.8) is 0 Å². The summed E-state index contributed by atoms with van der Waals surface area (Å²) in [5.74, 6) is 0.699. The second-order valence-corrected chi connectivity index (χ2v) is 4.30. The minimum atomic E-state index is -3.11. The van der Waals surface area contributed by atoms with E-state index in [0.717, 1.165) is 12.7 Å². The lowest BCUT2D eigenvalue weighted by Crippen LogP contribution is -1.97. The Bertz CT molecular complexity index is 339. The van der Waals surface area contributed by atoms with Crippen molar-refractivity contribution in [3.8, 4) is 0 Å². The molecule has 0 atom stereocenters. The van der Waals surface area contributed by atoms with Crippen LogP contribution in [-0.4, -0.2) is 24.6 Å². The molecule has 11 heavy (non-hydrogen) atoms. The van der Waals surface area contributed by atoms with Crippen molar-refractivity contribution in [1.82, 2.24) is 9.97 Å². The summed E-state index contributed by atoms with van der Waals surface area (Å²) in [6.45, 7) is 1.91. The number of aromatic nitrogens is 2. The van der Waals surface area contributed by atoms with Crippen molar-refractivity contribution in [1.29, 1.82) is 0 Å². The van der Waals surface area contributed by atoms with E-state index >= 15 is 0 Å². The normalized spacial score (nSPS) is 11.8. The Morgan fingerprint density at radius 3 is 2.55 bits per heavy atom. The Kier molecular flexibility index (Phi) is 1.99. The van der Waals surface area contributed by atoms with Crippen molar-refractivity contribution in [2.45, 2.75) is 18.4 Å². The zero-order chi connectivity index (χ0) is 8.48. The highest BCUT2D eigenvalue weighted by Crippen LogP contribution is 2.04. The van der Waals surface area contributed by atoms with Crippen LogP contribution >= 0.6 is 0 Å². The van der Waals surface area contributed by atoms with Gasteiger partial charge in [-0.3, -0.25) is 0 Å². The number of nitrogens with one attached hydrogen (secondary N) is 1. The molecule has 0 amide bonds. The van der Waals surface area contributed by atoms with E-state index in [0.29, 0.717) is 5.82 Å². The molecular weight excluding hydrogens is 164 g/mol. The number of aromatic amines is 1. The fourth-order valence-electron chi connectivity index (χ4n) is 0.711. The standard InChI is InChI=1S/C6H10N2O2S/c1-3-5-7-4-6(8-5)11(2,9)10/h4H,3H2,1-2H3,(H,7,8). The molecule has 1 rings (SSSR count). The van der Waals surface area contributed by atoms with Gasteiger partial charge in [-0.1, -0.05) is 6.92 Å². The maximum absolute atomic E-state index is 10.9. The van der Waals surface area contributed by atoms with Crippen molar-refractivity contribution in [3.05, 3.63) is 12.0 Å². The van der Waals surface area contributed by atoms with Gasteiger partial charge in [-0.2, -0.15) is 0 Å². The quantitative estimate of drug-likeness (QED) is 0.704. The summed E-state index contributed by atoms with van der Waals surface area (Å²) in [5, 5.41) is 0.189. The maximum Gasteiger partial charge on any atom is 0.192 e. The molecule has 0 aromatic carbocycles. The number of nitrogens with zero attached hydrogens (tertiary/aromatic N) is 1. The Morgan fingerprint density at radius 1 is 1.64 bits per heavy atom. The summed E-state index contributed by atoms with van der Waals surface area (Å²) >= 11 is 0. The first kappa shape index (κ1) is 8.26. The molecule has 0 saturated heterocycles. The lowest BCUT2D eigenvalue weighted by Gasteiger charge is -1.89. The van der Waals surface area contributed by atoms with Gasteiger partial charge in [0.1, 0.15) is 5.82 Å². The second kappa shape index (κ2) is 2.65. The second-order valence-electron chi connectivity index (χ2n) is 2.32. The molecule has 5 heteroatoms. The van der Waals surface area contributed by atoms with Crippen LogP contribution in [-0.2, 0) is 16.3 Å². The molecule has 62 valence electrons. The van der Waals surface area contributed by atoms with Gasteiger partial charge >= 0.3 is 0 Å². The van der Waals surface area contributed by atoms with Gasteiger partial charge in [-0.15, -0.1) is 0 Å². The van der Waals surface area contributed by atoms with E-state index < -0.39 is 9.84 Å². The largest absolute Gasteiger partial charge is 0.333 e. The fraction of sp³-hybridized carbons (Fsp3) is 0.500. The summed E-state index contributed by atoms with van der Waals surface area (Å²) in [7, 11) is -3.11. The first-order valence-corrected chi connectivity index (χ1v) is 5.17. The van der Waals surface area contributed by atoms with Crippen LogP contribution < -0.4 is 0 Å². The molecule has 1 N–H and O–H groups in total. The van der Waals surface area contributed by atoms with Crippen LogP contribution in [0.25, 0.3) is 0 Å². The fourth-order valence-corrected chi connectivity index (χ4v) is 1.26. The average molecular weight is 174 g/mol. The third-order valence-electron chi connectivity index (χ3n) is 1.34. The van der Waals surface area contributed by atoms with E-state index in [1.807, 2.05) is 6.92 Å². The van der Waals surface area contributed by atoms with Crippen LogP contribution in [0.5, 0.6) is 0 Å². The minimum Gasteiger partial charge on any atom is -0.333 e. The van der Waals surface area contributed by atoms with Crippen LogP contribution in [0.15, 0.2) is 11.2 Å². The number of hydrogen-bond acceptors (Lipinski definition) is 3. The third kappa shape index (κ3) is 1.80. The van der Waals surface area contributed by atoms with Gasteiger partial charge in [-0.05, 0) is 0 Å². The van der Waals surface area contributed by atoms with Crippen molar-refractivity contribution in [2.75, 3.05) is 6.26 Å². The zero-order valence-electron chi connectivity index (χ0n) is 6.46. The van der Waals surface area contributed by atoms with Crippen LogP contribution in [0.2, 0.25) is 0 Å². The first-order valence-electron chi connectivity index (χ1n) is 3.28. The highest BCUT2D eigenvalue weighted by molar-refractivity contribution is 7.90. The highest BCUT2D eigenvalue weighted by Gasteiger charge is 2.09. The third-order valence-corrected chi connectivity index (χ3v) is 2.35. The number of imidazole rings is 1. The summed E-state index contributed by atoms with van der Waals surface area (Å²) in [4.78, 5) is 6.57. The lowest BCUT2D eigenvalue weighted by molar-refractivity contribution is 0.598. The Balaban J connectivity index is 3.09. The molecular formula is C6H10N2O2S. The van der Waals surface area contributed by atoms with E-state index in [9.17, 15) is 8.42 Å². The van der Waals surface area contributed by atoms with E-state index in [4.69, 9.17) is 0 Å². The molecule has 4 nitrogen and oxygen atoms in total. The molecule has 0 unspecified atom stereocenters. The van der Waals surface area contributed by atoms with Crippen LogP contribution in [0, 0.1) is 0 Å². The van der Waals surface area contributed by atoms with Gasteiger partial charge in [0, 0.05) is 12.7 Å². The maximum atomic E-state index is 10.9. The number of aryl methyl sites for hydroxylation is 1. The number of hydrogen-bond donors (Lipinski definition) is 1. The molecule has 0 aliphatic carbocycles. The molecule has 1 aromatic heterocycles. The molecule has 0 bridgehead atoms. The molecule has 0 spiro atoms. The Labute approximate surface area is 65.6 Å². The molecule has 0 aliphatic heterocycles. The Hall–Kier alpha value is -0.840. The highest BCUT2D eigenvalue weighted by atomic mass is 32.2. The zero-order valence-corrected chi connectivity index (χ0v) is 7.27. The first-order chi connectivity index (χ1) is 5.04. The van der Waals surface area contributed by atoms with Gasteiger partial charge in [0.25, 0.3) is 0 Å². The van der Waals surface area contributed by atoms with Crippen LogP contribution in [0.4, 0.5) is 0 Å². The minimum absolute atomic E-state index is 0.189.